The summed E-state index contributed by atoms with van der Waals surface area (Å²) in [6.07, 6.45) is -1.12. The second-order valence-corrected chi connectivity index (χ2v) is 14.5. The predicted octanol–water partition coefficient (Wildman–Crippen LogP) is 3.96. The van der Waals surface area contributed by atoms with Gasteiger partial charge in [0.15, 0.2) is 10.8 Å². The summed E-state index contributed by atoms with van der Waals surface area (Å²) in [7, 11) is -4.33. The van der Waals surface area contributed by atoms with Crippen molar-refractivity contribution in [2.75, 3.05) is 36.5 Å². The maximum absolute atomic E-state index is 13.7. The molecule has 6 rings (SSSR count). The molecule has 3 N–H and O–H groups in total. The van der Waals surface area contributed by atoms with Crippen LogP contribution in [0.25, 0.3) is 5.82 Å². The molecule has 16 heteroatoms. The predicted molar refractivity (Wildman–Crippen MR) is 164 cm³/mol. The molecule has 1 amide bonds. The number of alkyl halides is 3. The van der Waals surface area contributed by atoms with Crippen LogP contribution < -0.4 is 25.0 Å². The molecule has 1 atom stereocenters. The molecule has 4 bridgehead atoms. The van der Waals surface area contributed by atoms with Crippen molar-refractivity contribution in [1.29, 1.82) is 0 Å². The summed E-state index contributed by atoms with van der Waals surface area (Å²) in [5.41, 5.74) is -1.31. The summed E-state index contributed by atoms with van der Waals surface area (Å²) in [4.78, 5) is 24.7. The molecule has 1 aliphatic carbocycles. The number of nitrogens with zero attached hydrogens (tertiary/aromatic N) is 5. The number of anilines is 2. The highest BCUT2D eigenvalue weighted by Crippen LogP contribution is 2.59. The lowest BCUT2D eigenvalue weighted by Crippen LogP contribution is -2.41. The van der Waals surface area contributed by atoms with Gasteiger partial charge < -0.3 is 20.3 Å². The molecule has 0 aromatic carbocycles. The van der Waals surface area contributed by atoms with Crippen LogP contribution in [0.5, 0.6) is 5.88 Å². The van der Waals surface area contributed by atoms with Crippen LogP contribution in [0.1, 0.15) is 61.9 Å². The van der Waals surface area contributed by atoms with E-state index in [2.05, 4.69) is 25.4 Å². The zero-order valence-electron chi connectivity index (χ0n) is 25.8. The van der Waals surface area contributed by atoms with Gasteiger partial charge in [0.2, 0.25) is 5.88 Å². The second-order valence-electron chi connectivity index (χ2n) is 12.8. The van der Waals surface area contributed by atoms with E-state index >= 15 is 0 Å². The number of ether oxygens (including phenoxy) is 1. The number of pyridine rings is 2. The standard InChI is InChI=1S/C30H37F3N8O4S/c1-19-5-8-24-37-25(19)35-14-4-13-34-20-17-28(2,3)40(18-20)26-21(27(42)39-46(24,43)44)6-7-22(36-26)41-15-9-23(38-41)45-16-12-29(10-11-29)30(31,32)33/h5-9,15,20,34H,4,10-14,16-18H2,1-3H3,(H,35,37)(H,39,42). The molecule has 12 nitrogen and oxygen atoms in total. The molecule has 3 aromatic rings. The average molecular weight is 663 g/mol. The maximum Gasteiger partial charge on any atom is 0.394 e. The molecule has 1 unspecified atom stereocenters. The zero-order chi connectivity index (χ0) is 32.9. The molecule has 2 fully saturated rings. The van der Waals surface area contributed by atoms with Crippen molar-refractivity contribution >= 4 is 27.6 Å². The minimum atomic E-state index is -4.33. The van der Waals surface area contributed by atoms with E-state index < -0.39 is 33.1 Å². The van der Waals surface area contributed by atoms with E-state index in [9.17, 15) is 26.4 Å². The Morgan fingerprint density at radius 2 is 1.87 bits per heavy atom. The van der Waals surface area contributed by atoms with E-state index in [1.54, 1.807) is 12.3 Å². The smallest absolute Gasteiger partial charge is 0.394 e. The van der Waals surface area contributed by atoms with E-state index in [-0.39, 0.29) is 54.2 Å². The summed E-state index contributed by atoms with van der Waals surface area (Å²) in [5.74, 6) is 0.284. The minimum absolute atomic E-state index is 0.0455. The number of nitrogens with one attached hydrogen (secondary N) is 3. The first-order valence-corrected chi connectivity index (χ1v) is 16.7. The Kier molecular flexibility index (Phi) is 8.15. The van der Waals surface area contributed by atoms with Crippen LogP contribution in [0, 0.1) is 12.3 Å². The van der Waals surface area contributed by atoms with E-state index in [0.29, 0.717) is 31.3 Å². The monoisotopic (exact) mass is 662 g/mol. The molecular weight excluding hydrogens is 625 g/mol. The van der Waals surface area contributed by atoms with Gasteiger partial charge in [-0.25, -0.2) is 19.4 Å². The van der Waals surface area contributed by atoms with Crippen LogP contribution in [-0.4, -0.2) is 78.1 Å². The number of hydrogen-bond donors (Lipinski definition) is 3. The van der Waals surface area contributed by atoms with Gasteiger partial charge in [-0.05, 0) is 83.2 Å². The number of hydrogen-bond acceptors (Lipinski definition) is 10. The Morgan fingerprint density at radius 1 is 1.09 bits per heavy atom. The normalized spacial score (nSPS) is 22.0. The third kappa shape index (κ3) is 6.36. The highest BCUT2D eigenvalue weighted by Gasteiger charge is 2.62. The van der Waals surface area contributed by atoms with Gasteiger partial charge in [-0.2, -0.15) is 21.6 Å². The van der Waals surface area contributed by atoms with Crippen LogP contribution in [0.15, 0.2) is 41.6 Å². The lowest BCUT2D eigenvalue weighted by molar-refractivity contribution is -0.190. The number of aromatic nitrogens is 4. The lowest BCUT2D eigenvalue weighted by Gasteiger charge is -2.33. The molecule has 5 heterocycles. The second kappa shape index (κ2) is 11.7. The molecule has 0 radical (unpaired) electrons. The summed E-state index contributed by atoms with van der Waals surface area (Å²) in [6, 6.07) is 7.60. The van der Waals surface area contributed by atoms with Crippen LogP contribution in [0.3, 0.4) is 0 Å². The first kappa shape index (κ1) is 32.0. The lowest BCUT2D eigenvalue weighted by atomic mass is 9.99. The van der Waals surface area contributed by atoms with Gasteiger partial charge in [0.1, 0.15) is 11.6 Å². The van der Waals surface area contributed by atoms with E-state index in [1.165, 1.54) is 28.9 Å². The fraction of sp³-hybridized carbons (Fsp3) is 0.533. The Hall–Kier alpha value is -3.92. The van der Waals surface area contributed by atoms with E-state index in [0.717, 1.165) is 18.4 Å². The SMILES string of the molecule is Cc1ccc2nc1NCCCNC1CN(c3nc(-n4ccc(OCCC5(C(F)(F)F)CC5)n4)ccc3C(=O)NS2(=O)=O)C(C)(C)C1. The number of aryl methyl sites for hydroxylation is 1. The van der Waals surface area contributed by atoms with Crippen molar-refractivity contribution in [1.82, 2.24) is 29.8 Å². The molecule has 248 valence electrons. The van der Waals surface area contributed by atoms with Crippen molar-refractivity contribution in [3.63, 3.8) is 0 Å². The molecule has 3 aromatic heterocycles. The number of fused-ring (bicyclic) bond motifs is 6. The minimum Gasteiger partial charge on any atom is -0.477 e. The van der Waals surface area contributed by atoms with Gasteiger partial charge in [-0.1, -0.05) is 6.07 Å². The van der Waals surface area contributed by atoms with Crippen LogP contribution >= 0.6 is 0 Å². The van der Waals surface area contributed by atoms with Crippen molar-refractivity contribution in [2.24, 2.45) is 5.41 Å². The molecule has 46 heavy (non-hydrogen) atoms. The van der Waals surface area contributed by atoms with Crippen LogP contribution in [-0.2, 0) is 10.0 Å². The molecule has 2 aliphatic heterocycles. The van der Waals surface area contributed by atoms with Crippen LogP contribution in [0.2, 0.25) is 0 Å². The van der Waals surface area contributed by atoms with Gasteiger partial charge in [0, 0.05) is 36.9 Å². The summed E-state index contributed by atoms with van der Waals surface area (Å²) < 4.78 is 75.6. The first-order chi connectivity index (χ1) is 21.7. The van der Waals surface area contributed by atoms with Gasteiger partial charge in [0.05, 0.1) is 17.6 Å². The molecule has 1 saturated heterocycles. The van der Waals surface area contributed by atoms with Crippen LogP contribution in [0.4, 0.5) is 24.8 Å². The van der Waals surface area contributed by atoms with Crippen molar-refractivity contribution in [2.45, 2.75) is 75.7 Å². The molecule has 3 aliphatic rings. The summed E-state index contributed by atoms with van der Waals surface area (Å²) >= 11 is 0. The molecular formula is C30H37F3N8O4S. The maximum atomic E-state index is 13.7. The summed E-state index contributed by atoms with van der Waals surface area (Å²) in [5, 5.41) is 10.8. The number of amides is 1. The van der Waals surface area contributed by atoms with Gasteiger partial charge in [-0.15, -0.1) is 5.10 Å². The fourth-order valence-corrected chi connectivity index (χ4v) is 6.98. The third-order valence-electron chi connectivity index (χ3n) is 8.98. The number of rotatable bonds is 5. The van der Waals surface area contributed by atoms with E-state index in [1.807, 2.05) is 25.7 Å². The average Bonchev–Trinajstić information content (AvgIpc) is 3.53. The van der Waals surface area contributed by atoms with Gasteiger partial charge in [-0.3, -0.25) is 4.79 Å². The zero-order valence-corrected chi connectivity index (χ0v) is 26.6. The fourth-order valence-electron chi connectivity index (χ4n) is 6.06. The first-order valence-electron chi connectivity index (χ1n) is 15.2. The summed E-state index contributed by atoms with van der Waals surface area (Å²) in [6.45, 7) is 7.54. The van der Waals surface area contributed by atoms with Gasteiger partial charge in [0.25, 0.3) is 15.9 Å². The Labute approximate surface area is 265 Å². The number of carbonyl (C=O) groups is 1. The Bertz CT molecular complexity index is 1740. The quantitative estimate of drug-likeness (QED) is 0.367. The number of sulfonamides is 1. The van der Waals surface area contributed by atoms with Gasteiger partial charge >= 0.3 is 6.18 Å². The topological polar surface area (TPSA) is 143 Å². The molecule has 0 spiro atoms. The van der Waals surface area contributed by atoms with Crippen molar-refractivity contribution in [3.8, 4) is 11.7 Å². The number of carbonyl (C=O) groups excluding carboxylic acids is 1. The largest absolute Gasteiger partial charge is 0.477 e. The Balaban J connectivity index is 1.31. The Morgan fingerprint density at radius 3 is 2.61 bits per heavy atom. The molecule has 1 saturated carbocycles. The van der Waals surface area contributed by atoms with Crippen molar-refractivity contribution in [3.05, 3.63) is 47.7 Å². The highest BCUT2D eigenvalue weighted by atomic mass is 32.2. The third-order valence-corrected chi connectivity index (χ3v) is 10.2. The van der Waals surface area contributed by atoms with Crippen molar-refractivity contribution < 1.29 is 31.1 Å². The number of halogens is 3. The van der Waals surface area contributed by atoms with E-state index in [4.69, 9.17) is 9.72 Å². The highest BCUT2D eigenvalue weighted by molar-refractivity contribution is 7.90.